The lowest BCUT2D eigenvalue weighted by Gasteiger charge is -2.30. The molecule has 0 saturated carbocycles. The molecule has 10 heteroatoms. The highest BCUT2D eigenvalue weighted by Crippen LogP contribution is 2.45. The Morgan fingerprint density at radius 3 is 2.42 bits per heavy atom. The number of rotatable bonds is 8. The Morgan fingerprint density at radius 2 is 1.71 bits per heavy atom. The summed E-state index contributed by atoms with van der Waals surface area (Å²) in [5, 5.41) is 14.1. The SMILES string of the molecule is O=C(CCNC(=O)C1=C[C@H]2OC3(Cc4ccccc4C3)O[C@H]2[C@H](OC(=O)c2ccccc2I)C1)NCCO. The van der Waals surface area contributed by atoms with Crippen LogP contribution in [0.3, 0.4) is 0 Å². The van der Waals surface area contributed by atoms with Crippen molar-refractivity contribution in [3.8, 4) is 0 Å². The van der Waals surface area contributed by atoms with E-state index in [1.165, 1.54) is 0 Å². The molecule has 3 aliphatic rings. The highest BCUT2D eigenvalue weighted by atomic mass is 127. The van der Waals surface area contributed by atoms with Crippen LogP contribution in [0.15, 0.2) is 60.2 Å². The molecule has 2 aromatic rings. The maximum absolute atomic E-state index is 13.1. The molecule has 0 unspecified atom stereocenters. The Labute approximate surface area is 234 Å². The molecule has 0 aromatic heterocycles. The second kappa shape index (κ2) is 11.5. The van der Waals surface area contributed by atoms with Gasteiger partial charge in [-0.3, -0.25) is 9.59 Å². The number of aliphatic hydroxyl groups is 1. The maximum atomic E-state index is 13.1. The third-order valence-corrected chi connectivity index (χ3v) is 7.87. The van der Waals surface area contributed by atoms with E-state index in [0.717, 1.165) is 14.7 Å². The van der Waals surface area contributed by atoms with Crippen molar-refractivity contribution in [3.05, 3.63) is 80.4 Å². The maximum Gasteiger partial charge on any atom is 0.339 e. The first kappa shape index (κ1) is 26.8. The topological polar surface area (TPSA) is 123 Å². The van der Waals surface area contributed by atoms with Gasteiger partial charge in [-0.1, -0.05) is 36.4 Å². The lowest BCUT2D eigenvalue weighted by atomic mass is 9.91. The van der Waals surface area contributed by atoms with Crippen molar-refractivity contribution in [2.75, 3.05) is 19.7 Å². The number of esters is 1. The van der Waals surface area contributed by atoms with Crippen LogP contribution in [-0.2, 0) is 36.6 Å². The van der Waals surface area contributed by atoms with Crippen LogP contribution in [0.2, 0.25) is 0 Å². The molecule has 1 spiro atoms. The summed E-state index contributed by atoms with van der Waals surface area (Å²) < 4.78 is 19.7. The summed E-state index contributed by atoms with van der Waals surface area (Å²) in [6, 6.07) is 15.2. The molecule has 3 atom stereocenters. The van der Waals surface area contributed by atoms with Crippen molar-refractivity contribution >= 4 is 40.4 Å². The zero-order valence-corrected chi connectivity index (χ0v) is 22.8. The van der Waals surface area contributed by atoms with E-state index in [1.54, 1.807) is 18.2 Å². The summed E-state index contributed by atoms with van der Waals surface area (Å²) in [4.78, 5) is 38.0. The van der Waals surface area contributed by atoms with Crippen LogP contribution in [0.1, 0.15) is 34.3 Å². The Bertz CT molecular complexity index is 1240. The van der Waals surface area contributed by atoms with Gasteiger partial charge in [0, 0.05) is 47.9 Å². The largest absolute Gasteiger partial charge is 0.455 e. The van der Waals surface area contributed by atoms with Crippen molar-refractivity contribution in [2.24, 2.45) is 0 Å². The molecule has 0 bridgehead atoms. The van der Waals surface area contributed by atoms with E-state index in [0.29, 0.717) is 24.0 Å². The van der Waals surface area contributed by atoms with Crippen molar-refractivity contribution in [1.29, 1.82) is 0 Å². The summed E-state index contributed by atoms with van der Waals surface area (Å²) in [6.45, 7) is 0.145. The molecular weight excluding hydrogens is 603 g/mol. The fraction of sp³-hybridized carbons (Fsp3) is 0.393. The number of benzene rings is 2. The van der Waals surface area contributed by atoms with Crippen LogP contribution < -0.4 is 10.6 Å². The van der Waals surface area contributed by atoms with Gasteiger partial charge in [0.1, 0.15) is 18.3 Å². The lowest BCUT2D eigenvalue weighted by Crippen LogP contribution is -2.44. The molecule has 5 rings (SSSR count). The third kappa shape index (κ3) is 5.78. The molecular formula is C28H29IN2O7. The summed E-state index contributed by atoms with van der Waals surface area (Å²) in [7, 11) is 0. The van der Waals surface area contributed by atoms with Gasteiger partial charge in [0.25, 0.3) is 0 Å². The monoisotopic (exact) mass is 632 g/mol. The number of hydrogen-bond donors (Lipinski definition) is 3. The summed E-state index contributed by atoms with van der Waals surface area (Å²) in [5.41, 5.74) is 3.17. The van der Waals surface area contributed by atoms with Gasteiger partial charge in [0.2, 0.25) is 11.8 Å². The zero-order chi connectivity index (χ0) is 26.7. The van der Waals surface area contributed by atoms with Crippen molar-refractivity contribution in [2.45, 2.75) is 49.8 Å². The first-order chi connectivity index (χ1) is 18.4. The van der Waals surface area contributed by atoms with Crippen LogP contribution in [-0.4, -0.2) is 66.7 Å². The van der Waals surface area contributed by atoms with Crippen molar-refractivity contribution in [3.63, 3.8) is 0 Å². The molecule has 2 aliphatic carbocycles. The van der Waals surface area contributed by atoms with E-state index in [1.807, 2.05) is 24.3 Å². The van der Waals surface area contributed by atoms with Gasteiger partial charge in [-0.2, -0.15) is 0 Å². The van der Waals surface area contributed by atoms with Crippen LogP contribution in [0, 0.1) is 3.57 Å². The Balaban J connectivity index is 1.32. The van der Waals surface area contributed by atoms with Crippen LogP contribution in [0.4, 0.5) is 0 Å². The molecule has 38 heavy (non-hydrogen) atoms. The normalized spacial score (nSPS) is 22.8. The van der Waals surface area contributed by atoms with Crippen molar-refractivity contribution < 1.29 is 33.7 Å². The van der Waals surface area contributed by atoms with Crippen LogP contribution in [0.5, 0.6) is 0 Å². The second-order valence-electron chi connectivity index (χ2n) is 9.60. The molecule has 0 radical (unpaired) electrons. The van der Waals surface area contributed by atoms with E-state index in [4.69, 9.17) is 19.3 Å². The number of fused-ring (bicyclic) bond motifs is 2. The molecule has 2 amide bonds. The highest BCUT2D eigenvalue weighted by molar-refractivity contribution is 14.1. The lowest BCUT2D eigenvalue weighted by molar-refractivity contribution is -0.172. The van der Waals surface area contributed by atoms with Gasteiger partial charge in [-0.25, -0.2) is 4.79 Å². The number of carbonyl (C=O) groups is 3. The molecule has 9 nitrogen and oxygen atoms in total. The van der Waals surface area contributed by atoms with Gasteiger partial charge < -0.3 is 30.0 Å². The fourth-order valence-electron chi connectivity index (χ4n) is 5.18. The zero-order valence-electron chi connectivity index (χ0n) is 20.7. The number of ether oxygens (including phenoxy) is 3. The second-order valence-corrected chi connectivity index (χ2v) is 10.8. The number of amides is 2. The van der Waals surface area contributed by atoms with Gasteiger partial charge in [0.05, 0.1) is 12.2 Å². The third-order valence-electron chi connectivity index (χ3n) is 6.93. The first-order valence-electron chi connectivity index (χ1n) is 12.6. The summed E-state index contributed by atoms with van der Waals surface area (Å²) in [5.74, 6) is -1.98. The fourth-order valence-corrected chi connectivity index (χ4v) is 5.78. The quantitative estimate of drug-likeness (QED) is 0.301. The van der Waals surface area contributed by atoms with E-state index in [9.17, 15) is 14.4 Å². The van der Waals surface area contributed by atoms with Crippen molar-refractivity contribution in [1.82, 2.24) is 10.6 Å². The molecule has 2 aromatic carbocycles. The molecule has 1 aliphatic heterocycles. The molecule has 1 heterocycles. The minimum atomic E-state index is -0.877. The number of halogens is 1. The Kier molecular flexibility index (Phi) is 8.12. The van der Waals surface area contributed by atoms with E-state index < -0.39 is 30.1 Å². The first-order valence-corrected chi connectivity index (χ1v) is 13.7. The Morgan fingerprint density at radius 1 is 1.00 bits per heavy atom. The van der Waals surface area contributed by atoms with Crippen LogP contribution in [0.25, 0.3) is 0 Å². The minimum absolute atomic E-state index is 0.0803. The van der Waals surface area contributed by atoms with Gasteiger partial charge in [-0.15, -0.1) is 0 Å². The minimum Gasteiger partial charge on any atom is -0.455 e. The number of carbonyl (C=O) groups excluding carboxylic acids is 3. The molecule has 1 fully saturated rings. The standard InChI is InChI=1S/C28H29IN2O7/c29-21-8-4-3-7-20(21)27(35)36-22-13-19(26(34)31-10-9-24(33)30-11-12-32)14-23-25(22)38-28(37-23)15-17-5-1-2-6-18(17)16-28/h1-8,14,22-23,25,32H,9-13,15-16H2,(H,30,33)(H,31,34)/t22-,23-,25+/m1/s1. The summed E-state index contributed by atoms with van der Waals surface area (Å²) >= 11 is 2.09. The predicted octanol–water partition coefficient (Wildman–Crippen LogP) is 2.04. The molecule has 1 saturated heterocycles. The molecule has 3 N–H and O–H groups in total. The number of nitrogens with one attached hydrogen (secondary N) is 2. The number of hydrogen-bond acceptors (Lipinski definition) is 7. The van der Waals surface area contributed by atoms with Gasteiger partial charge in [-0.05, 0) is 51.9 Å². The average Bonchev–Trinajstić information content (AvgIpc) is 3.45. The average molecular weight is 632 g/mol. The summed E-state index contributed by atoms with van der Waals surface area (Å²) in [6.07, 6.45) is 1.28. The predicted molar refractivity (Wildman–Crippen MR) is 145 cm³/mol. The Hall–Kier alpha value is -2.80. The molecule has 200 valence electrons. The number of aliphatic hydroxyl groups excluding tert-OH is 1. The van der Waals surface area contributed by atoms with Gasteiger partial charge in [0.15, 0.2) is 5.79 Å². The van der Waals surface area contributed by atoms with E-state index in [-0.39, 0.29) is 44.4 Å². The van der Waals surface area contributed by atoms with Crippen LogP contribution >= 0.6 is 22.6 Å². The van der Waals surface area contributed by atoms with E-state index in [2.05, 4.69) is 45.4 Å². The van der Waals surface area contributed by atoms with E-state index >= 15 is 0 Å². The van der Waals surface area contributed by atoms with Gasteiger partial charge >= 0.3 is 5.97 Å². The highest BCUT2D eigenvalue weighted by Gasteiger charge is 2.55. The smallest absolute Gasteiger partial charge is 0.339 e.